The molecule has 0 bridgehead atoms. The zero-order chi connectivity index (χ0) is 25.2. The first-order valence-electron chi connectivity index (χ1n) is 10.9. The van der Waals surface area contributed by atoms with Crippen LogP contribution in [0.1, 0.15) is 42.3 Å². The number of aromatic nitrogens is 2. The summed E-state index contributed by atoms with van der Waals surface area (Å²) in [6, 6.07) is 8.49. The van der Waals surface area contributed by atoms with E-state index in [1.165, 1.54) is 12.1 Å². The number of hydrogen-bond donors (Lipinski definition) is 2. The standard InChI is InChI=1S/C23H22Cl2F3N5O2.ClH/c24-16-7-5-13(11-17(16)25)3-2-10-34-19-8-6-14(12-15(19)23(26,27)28)20-31-21(35-32-20)18-4-1-9-33(18)22(29)30;/h5-8,11-12,18H,1-4,9-10H2,(H3,29,30);1H/t18-;/m0./s1. The lowest BCUT2D eigenvalue weighted by atomic mass is 10.1. The predicted octanol–water partition coefficient (Wildman–Crippen LogP) is 6.53. The van der Waals surface area contributed by atoms with Gasteiger partial charge in [0.15, 0.2) is 5.96 Å². The molecule has 13 heteroatoms. The number of guanidine groups is 1. The third-order valence-corrected chi connectivity index (χ3v) is 6.42. The number of nitrogens with one attached hydrogen (secondary N) is 1. The molecular weight excluding hydrogens is 542 g/mol. The van der Waals surface area contributed by atoms with Crippen LogP contribution in [0, 0.1) is 5.41 Å². The van der Waals surface area contributed by atoms with Gasteiger partial charge in [0.05, 0.1) is 22.2 Å². The first kappa shape index (κ1) is 27.9. The molecule has 1 aliphatic rings. The summed E-state index contributed by atoms with van der Waals surface area (Å²) < 4.78 is 52.1. The minimum absolute atomic E-state index is 0. The van der Waals surface area contributed by atoms with Crippen molar-refractivity contribution in [3.8, 4) is 17.1 Å². The summed E-state index contributed by atoms with van der Waals surface area (Å²) >= 11 is 11.9. The Balaban J connectivity index is 0.00000361. The normalized spacial score (nSPS) is 15.6. The van der Waals surface area contributed by atoms with E-state index in [1.54, 1.807) is 17.0 Å². The van der Waals surface area contributed by atoms with E-state index in [0.29, 0.717) is 35.9 Å². The highest BCUT2D eigenvalue weighted by molar-refractivity contribution is 6.42. The Morgan fingerprint density at radius 2 is 1.97 bits per heavy atom. The summed E-state index contributed by atoms with van der Waals surface area (Å²) in [4.78, 5) is 5.89. The third kappa shape index (κ3) is 6.35. The first-order chi connectivity index (χ1) is 16.6. The van der Waals surface area contributed by atoms with Crippen LogP contribution in [0.15, 0.2) is 40.9 Å². The summed E-state index contributed by atoms with van der Waals surface area (Å²) in [6.45, 7) is 0.657. The van der Waals surface area contributed by atoms with E-state index in [2.05, 4.69) is 10.1 Å². The second-order valence-electron chi connectivity index (χ2n) is 8.10. The molecule has 36 heavy (non-hydrogen) atoms. The minimum Gasteiger partial charge on any atom is -0.493 e. The van der Waals surface area contributed by atoms with Crippen molar-refractivity contribution in [3.63, 3.8) is 0 Å². The van der Waals surface area contributed by atoms with Crippen molar-refractivity contribution >= 4 is 41.6 Å². The molecule has 0 radical (unpaired) electrons. The lowest BCUT2D eigenvalue weighted by molar-refractivity contribution is -0.138. The summed E-state index contributed by atoms with van der Waals surface area (Å²) in [6.07, 6.45) is -2.14. The van der Waals surface area contributed by atoms with Gasteiger partial charge < -0.3 is 19.9 Å². The Labute approximate surface area is 221 Å². The Hall–Kier alpha value is -2.69. The van der Waals surface area contributed by atoms with Crippen molar-refractivity contribution in [2.24, 2.45) is 5.73 Å². The highest BCUT2D eigenvalue weighted by atomic mass is 35.5. The second kappa shape index (κ2) is 11.6. The van der Waals surface area contributed by atoms with Crippen molar-refractivity contribution < 1.29 is 22.4 Å². The maximum atomic E-state index is 13.8. The molecule has 0 amide bonds. The number of rotatable bonds is 7. The molecule has 1 aromatic heterocycles. The van der Waals surface area contributed by atoms with E-state index in [9.17, 15) is 13.2 Å². The second-order valence-corrected chi connectivity index (χ2v) is 8.92. The highest BCUT2D eigenvalue weighted by Crippen LogP contribution is 2.39. The molecule has 7 nitrogen and oxygen atoms in total. The van der Waals surface area contributed by atoms with Gasteiger partial charge in [0.25, 0.3) is 0 Å². The Morgan fingerprint density at radius 1 is 1.19 bits per heavy atom. The van der Waals surface area contributed by atoms with Crippen LogP contribution in [0.2, 0.25) is 10.0 Å². The fourth-order valence-electron chi connectivity index (χ4n) is 3.97. The maximum Gasteiger partial charge on any atom is 0.419 e. The number of likely N-dealkylation sites (tertiary alicyclic amines) is 1. The zero-order valence-electron chi connectivity index (χ0n) is 18.8. The fourth-order valence-corrected chi connectivity index (χ4v) is 4.29. The third-order valence-electron chi connectivity index (χ3n) is 5.68. The van der Waals surface area contributed by atoms with Crippen molar-refractivity contribution in [3.05, 3.63) is 63.5 Å². The number of nitrogens with zero attached hydrogens (tertiary/aromatic N) is 3. The maximum absolute atomic E-state index is 13.8. The molecule has 2 heterocycles. The van der Waals surface area contributed by atoms with E-state index in [1.807, 2.05) is 6.07 Å². The van der Waals surface area contributed by atoms with E-state index in [4.69, 9.17) is 43.6 Å². The average molecular weight is 565 g/mol. The van der Waals surface area contributed by atoms with Crippen LogP contribution in [-0.4, -0.2) is 34.2 Å². The number of alkyl halides is 3. The predicted molar refractivity (Wildman–Crippen MR) is 133 cm³/mol. The van der Waals surface area contributed by atoms with E-state index < -0.39 is 11.7 Å². The van der Waals surface area contributed by atoms with Crippen LogP contribution in [0.5, 0.6) is 5.75 Å². The van der Waals surface area contributed by atoms with Crippen molar-refractivity contribution in [2.45, 2.75) is 37.9 Å². The van der Waals surface area contributed by atoms with Gasteiger partial charge in [-0.3, -0.25) is 5.41 Å². The average Bonchev–Trinajstić information content (AvgIpc) is 3.48. The number of hydrogen-bond acceptors (Lipinski definition) is 5. The molecule has 1 aliphatic heterocycles. The van der Waals surface area contributed by atoms with Gasteiger partial charge in [0, 0.05) is 12.1 Å². The van der Waals surface area contributed by atoms with Gasteiger partial charge in [-0.05, 0) is 61.6 Å². The number of aryl methyl sites for hydroxylation is 1. The highest BCUT2D eigenvalue weighted by Gasteiger charge is 2.36. The lowest BCUT2D eigenvalue weighted by Gasteiger charge is -2.21. The van der Waals surface area contributed by atoms with Gasteiger partial charge in [-0.1, -0.05) is 34.4 Å². The SMILES string of the molecule is Cl.N=C(N)N1CCC[C@H]1c1nc(-c2ccc(OCCCc3ccc(Cl)c(Cl)c3)c(C(F)(F)F)c2)no1. The van der Waals surface area contributed by atoms with Gasteiger partial charge >= 0.3 is 6.18 Å². The molecule has 3 N–H and O–H groups in total. The number of nitrogens with two attached hydrogens (primary N) is 1. The van der Waals surface area contributed by atoms with Crippen LogP contribution in [0.3, 0.4) is 0 Å². The van der Waals surface area contributed by atoms with Gasteiger partial charge in [-0.15, -0.1) is 12.4 Å². The van der Waals surface area contributed by atoms with Crippen LogP contribution in [-0.2, 0) is 12.6 Å². The number of ether oxygens (including phenoxy) is 1. The molecule has 194 valence electrons. The van der Waals surface area contributed by atoms with Gasteiger partial charge in [0.1, 0.15) is 11.8 Å². The molecule has 1 saturated heterocycles. The van der Waals surface area contributed by atoms with Crippen LogP contribution >= 0.6 is 35.6 Å². The molecule has 0 unspecified atom stereocenters. The molecule has 0 saturated carbocycles. The number of benzene rings is 2. The van der Waals surface area contributed by atoms with E-state index in [0.717, 1.165) is 18.1 Å². The largest absolute Gasteiger partial charge is 0.493 e. The van der Waals surface area contributed by atoms with Crippen molar-refractivity contribution in [2.75, 3.05) is 13.2 Å². The Bertz CT molecular complexity index is 1220. The summed E-state index contributed by atoms with van der Waals surface area (Å²) in [5, 5.41) is 12.4. The molecule has 3 aromatic rings. The van der Waals surface area contributed by atoms with E-state index >= 15 is 0 Å². The smallest absolute Gasteiger partial charge is 0.419 e. The summed E-state index contributed by atoms with van der Waals surface area (Å²) in [7, 11) is 0. The zero-order valence-corrected chi connectivity index (χ0v) is 21.1. The number of halogens is 6. The molecule has 0 spiro atoms. The first-order valence-corrected chi connectivity index (χ1v) is 11.6. The van der Waals surface area contributed by atoms with E-state index in [-0.39, 0.29) is 54.0 Å². The molecule has 1 atom stereocenters. The Kier molecular flexibility index (Phi) is 8.97. The summed E-state index contributed by atoms with van der Waals surface area (Å²) in [5.41, 5.74) is 5.72. The van der Waals surface area contributed by atoms with Gasteiger partial charge in [0.2, 0.25) is 11.7 Å². The van der Waals surface area contributed by atoms with Crippen LogP contribution in [0.25, 0.3) is 11.4 Å². The van der Waals surface area contributed by atoms with Crippen LogP contribution in [0.4, 0.5) is 13.2 Å². The van der Waals surface area contributed by atoms with Crippen molar-refractivity contribution in [1.29, 1.82) is 5.41 Å². The van der Waals surface area contributed by atoms with Gasteiger partial charge in [-0.25, -0.2) is 0 Å². The molecule has 0 aliphatic carbocycles. The fraction of sp³-hybridized carbons (Fsp3) is 0.348. The molecule has 2 aromatic carbocycles. The lowest BCUT2D eigenvalue weighted by Crippen LogP contribution is -2.35. The summed E-state index contributed by atoms with van der Waals surface area (Å²) in [5.74, 6) is -0.166. The quantitative estimate of drug-likeness (QED) is 0.192. The topological polar surface area (TPSA) is 101 Å². The Morgan fingerprint density at radius 3 is 2.67 bits per heavy atom. The van der Waals surface area contributed by atoms with Crippen LogP contribution < -0.4 is 10.5 Å². The molecule has 4 rings (SSSR count). The monoisotopic (exact) mass is 563 g/mol. The van der Waals surface area contributed by atoms with Crippen molar-refractivity contribution in [1.82, 2.24) is 15.0 Å². The molecule has 1 fully saturated rings. The molecular formula is C23H23Cl3F3N5O2. The minimum atomic E-state index is -4.64. The van der Waals surface area contributed by atoms with Gasteiger partial charge in [-0.2, -0.15) is 18.2 Å².